The SMILES string of the molecule is CCCC1CCC(Nc2ccc(C(=O)NC)cc2N)CC1. The Kier molecular flexibility index (Phi) is 5.48. The van der Waals surface area contributed by atoms with Crippen LogP contribution in [0.2, 0.25) is 0 Å². The van der Waals surface area contributed by atoms with E-state index in [0.717, 1.165) is 11.6 Å². The Morgan fingerprint density at radius 2 is 2.00 bits per heavy atom. The number of anilines is 2. The standard InChI is InChI=1S/C17H27N3O/c1-3-4-12-5-8-14(9-6-12)20-16-10-7-13(11-15(16)18)17(21)19-2/h7,10-12,14,20H,3-6,8-9,18H2,1-2H3,(H,19,21). The fraction of sp³-hybridized carbons (Fsp3) is 0.588. The highest BCUT2D eigenvalue weighted by molar-refractivity contribution is 5.95. The van der Waals surface area contributed by atoms with Crippen molar-refractivity contribution in [3.63, 3.8) is 0 Å². The van der Waals surface area contributed by atoms with E-state index in [1.165, 1.54) is 38.5 Å². The van der Waals surface area contributed by atoms with Crippen molar-refractivity contribution in [1.82, 2.24) is 5.32 Å². The molecule has 0 spiro atoms. The zero-order valence-corrected chi connectivity index (χ0v) is 13.1. The number of amides is 1. The Morgan fingerprint density at radius 1 is 1.29 bits per heavy atom. The van der Waals surface area contributed by atoms with Crippen molar-refractivity contribution in [3.8, 4) is 0 Å². The van der Waals surface area contributed by atoms with Gasteiger partial charge in [-0.25, -0.2) is 0 Å². The highest BCUT2D eigenvalue weighted by Crippen LogP contribution is 2.31. The van der Waals surface area contributed by atoms with Gasteiger partial charge in [-0.05, 0) is 49.8 Å². The number of hydrogen-bond acceptors (Lipinski definition) is 3. The molecular formula is C17H27N3O. The van der Waals surface area contributed by atoms with Crippen LogP contribution in [0.15, 0.2) is 18.2 Å². The van der Waals surface area contributed by atoms with Crippen molar-refractivity contribution in [1.29, 1.82) is 0 Å². The Balaban J connectivity index is 1.93. The quantitative estimate of drug-likeness (QED) is 0.728. The molecule has 1 aliphatic carbocycles. The summed E-state index contributed by atoms with van der Waals surface area (Å²) in [4.78, 5) is 11.6. The fourth-order valence-corrected chi connectivity index (χ4v) is 3.20. The summed E-state index contributed by atoms with van der Waals surface area (Å²) in [7, 11) is 1.62. The predicted molar refractivity (Wildman–Crippen MR) is 88.5 cm³/mol. The number of carbonyl (C=O) groups excluding carboxylic acids is 1. The largest absolute Gasteiger partial charge is 0.397 e. The maximum absolute atomic E-state index is 11.6. The molecule has 0 radical (unpaired) electrons. The predicted octanol–water partition coefficient (Wildman–Crippen LogP) is 3.40. The minimum atomic E-state index is -0.103. The number of rotatable bonds is 5. The molecule has 116 valence electrons. The molecular weight excluding hydrogens is 262 g/mol. The topological polar surface area (TPSA) is 67.2 Å². The Labute approximate surface area is 127 Å². The highest BCUT2D eigenvalue weighted by atomic mass is 16.1. The van der Waals surface area contributed by atoms with Crippen molar-refractivity contribution in [2.24, 2.45) is 5.92 Å². The molecule has 1 aromatic rings. The molecule has 1 aliphatic rings. The minimum Gasteiger partial charge on any atom is -0.397 e. The Hall–Kier alpha value is -1.71. The van der Waals surface area contributed by atoms with Gasteiger partial charge in [0.25, 0.3) is 5.91 Å². The van der Waals surface area contributed by atoms with E-state index in [0.29, 0.717) is 17.3 Å². The third kappa shape index (κ3) is 4.13. The van der Waals surface area contributed by atoms with Gasteiger partial charge in [0, 0.05) is 18.7 Å². The second-order valence-electron chi connectivity index (χ2n) is 6.03. The average Bonchev–Trinajstić information content (AvgIpc) is 2.50. The van der Waals surface area contributed by atoms with E-state index in [4.69, 9.17) is 5.73 Å². The molecule has 0 aromatic heterocycles. The van der Waals surface area contributed by atoms with E-state index in [1.807, 2.05) is 12.1 Å². The number of benzene rings is 1. The van der Waals surface area contributed by atoms with Crippen LogP contribution in [-0.2, 0) is 0 Å². The minimum absolute atomic E-state index is 0.103. The van der Waals surface area contributed by atoms with Crippen LogP contribution in [0, 0.1) is 5.92 Å². The first kappa shape index (κ1) is 15.7. The molecule has 0 saturated heterocycles. The van der Waals surface area contributed by atoms with Gasteiger partial charge in [0.2, 0.25) is 0 Å². The van der Waals surface area contributed by atoms with Crippen LogP contribution in [0.4, 0.5) is 11.4 Å². The zero-order valence-electron chi connectivity index (χ0n) is 13.1. The van der Waals surface area contributed by atoms with Gasteiger partial charge in [-0.2, -0.15) is 0 Å². The van der Waals surface area contributed by atoms with Gasteiger partial charge >= 0.3 is 0 Å². The highest BCUT2D eigenvalue weighted by Gasteiger charge is 2.21. The number of carbonyl (C=O) groups is 1. The van der Waals surface area contributed by atoms with Gasteiger partial charge in [-0.3, -0.25) is 4.79 Å². The molecule has 2 rings (SSSR count). The lowest BCUT2D eigenvalue weighted by Crippen LogP contribution is -2.26. The number of nitrogens with two attached hydrogens (primary N) is 1. The van der Waals surface area contributed by atoms with Crippen molar-refractivity contribution < 1.29 is 4.79 Å². The van der Waals surface area contributed by atoms with Crippen LogP contribution in [0.1, 0.15) is 55.8 Å². The summed E-state index contributed by atoms with van der Waals surface area (Å²) < 4.78 is 0. The van der Waals surface area contributed by atoms with Crippen LogP contribution in [-0.4, -0.2) is 19.0 Å². The smallest absolute Gasteiger partial charge is 0.251 e. The van der Waals surface area contributed by atoms with E-state index in [2.05, 4.69) is 17.6 Å². The maximum atomic E-state index is 11.6. The van der Waals surface area contributed by atoms with E-state index in [9.17, 15) is 4.79 Å². The van der Waals surface area contributed by atoms with Crippen LogP contribution >= 0.6 is 0 Å². The van der Waals surface area contributed by atoms with Crippen LogP contribution < -0.4 is 16.4 Å². The first-order chi connectivity index (χ1) is 10.1. The molecule has 0 bridgehead atoms. The summed E-state index contributed by atoms with van der Waals surface area (Å²) in [5, 5.41) is 6.15. The molecule has 4 heteroatoms. The fourth-order valence-electron chi connectivity index (χ4n) is 3.20. The average molecular weight is 289 g/mol. The summed E-state index contributed by atoms with van der Waals surface area (Å²) in [6, 6.07) is 5.98. The number of hydrogen-bond donors (Lipinski definition) is 3. The van der Waals surface area contributed by atoms with Crippen LogP contribution in [0.3, 0.4) is 0 Å². The molecule has 4 nitrogen and oxygen atoms in total. The molecule has 0 unspecified atom stereocenters. The monoisotopic (exact) mass is 289 g/mol. The third-order valence-corrected chi connectivity index (χ3v) is 4.44. The normalized spacial score (nSPS) is 21.8. The van der Waals surface area contributed by atoms with Gasteiger partial charge in [-0.15, -0.1) is 0 Å². The second kappa shape index (κ2) is 7.34. The lowest BCUT2D eigenvalue weighted by atomic mass is 9.83. The lowest BCUT2D eigenvalue weighted by molar-refractivity contribution is 0.0963. The van der Waals surface area contributed by atoms with Crippen LogP contribution in [0.5, 0.6) is 0 Å². The number of nitrogens with one attached hydrogen (secondary N) is 2. The summed E-state index contributed by atoms with van der Waals surface area (Å²) in [5.41, 5.74) is 8.26. The number of nitrogen functional groups attached to an aromatic ring is 1. The molecule has 4 N–H and O–H groups in total. The van der Waals surface area contributed by atoms with Gasteiger partial charge in [0.1, 0.15) is 0 Å². The van der Waals surface area contributed by atoms with Crippen molar-refractivity contribution >= 4 is 17.3 Å². The lowest BCUT2D eigenvalue weighted by Gasteiger charge is -2.30. The molecule has 0 aliphatic heterocycles. The first-order valence-corrected chi connectivity index (χ1v) is 8.02. The van der Waals surface area contributed by atoms with E-state index < -0.39 is 0 Å². The molecule has 21 heavy (non-hydrogen) atoms. The zero-order chi connectivity index (χ0) is 15.2. The third-order valence-electron chi connectivity index (χ3n) is 4.44. The van der Waals surface area contributed by atoms with Crippen molar-refractivity contribution in [2.45, 2.75) is 51.5 Å². The van der Waals surface area contributed by atoms with E-state index >= 15 is 0 Å². The molecule has 1 fully saturated rings. The Morgan fingerprint density at radius 3 is 2.57 bits per heavy atom. The molecule has 1 amide bonds. The second-order valence-corrected chi connectivity index (χ2v) is 6.03. The Bertz CT molecular complexity index is 479. The van der Waals surface area contributed by atoms with E-state index in [-0.39, 0.29) is 5.91 Å². The molecule has 0 atom stereocenters. The maximum Gasteiger partial charge on any atom is 0.251 e. The molecule has 1 aromatic carbocycles. The van der Waals surface area contributed by atoms with Crippen molar-refractivity contribution in [2.75, 3.05) is 18.1 Å². The van der Waals surface area contributed by atoms with Gasteiger partial charge in [-0.1, -0.05) is 19.8 Å². The first-order valence-electron chi connectivity index (χ1n) is 8.02. The summed E-state index contributed by atoms with van der Waals surface area (Å²) >= 11 is 0. The summed E-state index contributed by atoms with van der Waals surface area (Å²) in [6.07, 6.45) is 7.68. The van der Waals surface area contributed by atoms with E-state index in [1.54, 1.807) is 13.1 Å². The van der Waals surface area contributed by atoms with Crippen LogP contribution in [0.25, 0.3) is 0 Å². The summed E-state index contributed by atoms with van der Waals surface area (Å²) in [6.45, 7) is 2.26. The van der Waals surface area contributed by atoms with Crippen molar-refractivity contribution in [3.05, 3.63) is 23.8 Å². The summed E-state index contributed by atoms with van der Waals surface area (Å²) in [5.74, 6) is 0.800. The molecule has 0 heterocycles. The van der Waals surface area contributed by atoms with Gasteiger partial charge in [0.15, 0.2) is 0 Å². The van der Waals surface area contributed by atoms with Gasteiger partial charge < -0.3 is 16.4 Å². The van der Waals surface area contributed by atoms with Gasteiger partial charge in [0.05, 0.1) is 11.4 Å². The molecule has 1 saturated carbocycles.